The Morgan fingerprint density at radius 1 is 0.971 bits per heavy atom. The van der Waals surface area contributed by atoms with E-state index in [1.54, 1.807) is 7.11 Å². The molecule has 3 heterocycles. The fraction of sp³-hybridized carbons (Fsp3) is 0.357. The van der Waals surface area contributed by atoms with Crippen molar-refractivity contribution in [2.45, 2.75) is 26.7 Å². The highest BCUT2D eigenvalue weighted by Gasteiger charge is 2.43. The zero-order valence-electron chi connectivity index (χ0n) is 20.0. The molecule has 1 aromatic heterocycles. The summed E-state index contributed by atoms with van der Waals surface area (Å²) in [6, 6.07) is 15.6. The molecule has 0 saturated carbocycles. The van der Waals surface area contributed by atoms with Crippen molar-refractivity contribution in [2.24, 2.45) is 11.8 Å². The number of carbonyl (C=O) groups is 2. The van der Waals surface area contributed by atoms with E-state index in [1.807, 2.05) is 48.7 Å². The number of hydrogen-bond donors (Lipinski definition) is 1. The molecule has 0 bridgehead atoms. The van der Waals surface area contributed by atoms with E-state index < -0.39 is 0 Å². The van der Waals surface area contributed by atoms with Crippen molar-refractivity contribution in [3.8, 4) is 5.75 Å². The Hall–Kier alpha value is -3.54. The number of para-hydroxylation sites is 2. The van der Waals surface area contributed by atoms with Gasteiger partial charge in [-0.3, -0.25) is 14.5 Å². The van der Waals surface area contributed by atoms with Crippen molar-refractivity contribution in [3.05, 3.63) is 71.6 Å². The highest BCUT2D eigenvalue weighted by molar-refractivity contribution is 6.36. The molecule has 6 nitrogen and oxygen atoms in total. The summed E-state index contributed by atoms with van der Waals surface area (Å²) in [6.07, 6.45) is 3.69. The lowest BCUT2D eigenvalue weighted by Gasteiger charge is -2.37. The number of piperidine rings is 1. The molecular formula is C28H31N3O3. The lowest BCUT2D eigenvalue weighted by atomic mass is 9.91. The molecule has 2 aliphatic heterocycles. The first-order chi connectivity index (χ1) is 16.5. The molecule has 0 radical (unpaired) electrons. The van der Waals surface area contributed by atoms with Gasteiger partial charge in [0.05, 0.1) is 12.7 Å². The summed E-state index contributed by atoms with van der Waals surface area (Å²) in [5.41, 5.74) is 3.82. The molecular weight excluding hydrogens is 426 g/mol. The Kier molecular flexibility index (Phi) is 5.90. The van der Waals surface area contributed by atoms with Crippen LogP contribution in [0.1, 0.15) is 31.4 Å². The molecule has 0 aliphatic carbocycles. The second kappa shape index (κ2) is 9.01. The van der Waals surface area contributed by atoms with Crippen molar-refractivity contribution in [1.82, 2.24) is 14.8 Å². The number of likely N-dealkylation sites (tertiary alicyclic amines) is 1. The predicted molar refractivity (Wildman–Crippen MR) is 133 cm³/mol. The van der Waals surface area contributed by atoms with E-state index in [2.05, 4.69) is 29.8 Å². The van der Waals surface area contributed by atoms with Gasteiger partial charge in [-0.25, -0.2) is 0 Å². The minimum atomic E-state index is -0.241. The molecule has 1 fully saturated rings. The number of carbonyl (C=O) groups excluding carboxylic acids is 2. The third kappa shape index (κ3) is 3.87. The third-order valence-electron chi connectivity index (χ3n) is 6.98. The van der Waals surface area contributed by atoms with Gasteiger partial charge in [-0.05, 0) is 42.4 Å². The van der Waals surface area contributed by atoms with Crippen LogP contribution in [-0.2, 0) is 16.0 Å². The summed E-state index contributed by atoms with van der Waals surface area (Å²) in [6.45, 7) is 6.30. The van der Waals surface area contributed by atoms with Gasteiger partial charge in [0.2, 0.25) is 0 Å². The molecule has 1 saturated heterocycles. The minimum Gasteiger partial charge on any atom is -0.496 e. The van der Waals surface area contributed by atoms with Crippen LogP contribution < -0.4 is 4.74 Å². The first kappa shape index (κ1) is 22.3. The van der Waals surface area contributed by atoms with E-state index in [9.17, 15) is 9.59 Å². The van der Waals surface area contributed by atoms with Crippen molar-refractivity contribution in [1.29, 1.82) is 0 Å². The molecule has 3 aromatic rings. The second-order valence-electron chi connectivity index (χ2n) is 9.65. The summed E-state index contributed by atoms with van der Waals surface area (Å²) in [5.74, 6) is 1.08. The quantitative estimate of drug-likeness (QED) is 0.555. The molecule has 176 valence electrons. The van der Waals surface area contributed by atoms with Gasteiger partial charge in [-0.2, -0.15) is 0 Å². The van der Waals surface area contributed by atoms with Gasteiger partial charge in [0.25, 0.3) is 11.8 Å². The van der Waals surface area contributed by atoms with Crippen LogP contribution in [-0.4, -0.2) is 53.3 Å². The van der Waals surface area contributed by atoms with E-state index in [0.29, 0.717) is 47.4 Å². The molecule has 2 unspecified atom stereocenters. The third-order valence-corrected chi connectivity index (χ3v) is 6.98. The Balaban J connectivity index is 1.51. The molecule has 2 aliphatic rings. The zero-order chi connectivity index (χ0) is 23.8. The number of rotatable bonds is 6. The molecule has 6 heteroatoms. The largest absolute Gasteiger partial charge is 0.496 e. The fourth-order valence-electron chi connectivity index (χ4n) is 5.57. The number of ether oxygens (including phenoxy) is 1. The lowest BCUT2D eigenvalue weighted by Crippen LogP contribution is -2.42. The van der Waals surface area contributed by atoms with E-state index in [1.165, 1.54) is 4.90 Å². The number of aromatic nitrogens is 1. The van der Waals surface area contributed by atoms with Crippen LogP contribution in [0, 0.1) is 11.8 Å². The highest BCUT2D eigenvalue weighted by Crippen LogP contribution is 2.38. The zero-order valence-corrected chi connectivity index (χ0v) is 20.0. The van der Waals surface area contributed by atoms with Crippen LogP contribution in [0.5, 0.6) is 5.75 Å². The van der Waals surface area contributed by atoms with E-state index in [-0.39, 0.29) is 11.8 Å². The highest BCUT2D eigenvalue weighted by atomic mass is 16.5. The smallest absolute Gasteiger partial charge is 0.277 e. The Morgan fingerprint density at radius 3 is 2.44 bits per heavy atom. The summed E-state index contributed by atoms with van der Waals surface area (Å²) >= 11 is 0. The summed E-state index contributed by atoms with van der Waals surface area (Å²) in [5, 5.41) is 1.12. The average molecular weight is 458 g/mol. The van der Waals surface area contributed by atoms with Gasteiger partial charge < -0.3 is 14.6 Å². The lowest BCUT2D eigenvalue weighted by molar-refractivity contribution is -0.137. The average Bonchev–Trinajstić information content (AvgIpc) is 3.35. The number of hydrogen-bond acceptors (Lipinski definition) is 4. The molecule has 5 rings (SSSR count). The normalized spacial score (nSPS) is 21.1. The van der Waals surface area contributed by atoms with Gasteiger partial charge in [-0.15, -0.1) is 0 Å². The van der Waals surface area contributed by atoms with Crippen LogP contribution in [0.25, 0.3) is 16.5 Å². The van der Waals surface area contributed by atoms with Crippen LogP contribution in [0.2, 0.25) is 0 Å². The Bertz CT molecular complexity index is 1260. The monoisotopic (exact) mass is 457 g/mol. The number of benzene rings is 2. The molecule has 34 heavy (non-hydrogen) atoms. The summed E-state index contributed by atoms with van der Waals surface area (Å²) in [4.78, 5) is 34.4. The van der Waals surface area contributed by atoms with Crippen molar-refractivity contribution in [3.63, 3.8) is 0 Å². The molecule has 2 atom stereocenters. The minimum absolute atomic E-state index is 0.202. The number of amides is 2. The number of aromatic amines is 1. The first-order valence-electron chi connectivity index (χ1n) is 12.0. The van der Waals surface area contributed by atoms with Gasteiger partial charge in [-0.1, -0.05) is 50.2 Å². The van der Waals surface area contributed by atoms with Gasteiger partial charge in [0.15, 0.2) is 0 Å². The van der Waals surface area contributed by atoms with Crippen molar-refractivity contribution >= 4 is 28.3 Å². The number of nitrogens with zero attached hydrogens (tertiary/aromatic N) is 2. The SMILES string of the molecule is COc1ccccc1C1=C(N2CC(C)CC(C)C2)C(=O)N(CCc2c[nH]c3ccccc23)C1=O. The van der Waals surface area contributed by atoms with E-state index >= 15 is 0 Å². The summed E-state index contributed by atoms with van der Waals surface area (Å²) in [7, 11) is 1.60. The summed E-state index contributed by atoms with van der Waals surface area (Å²) < 4.78 is 5.58. The molecule has 2 amide bonds. The van der Waals surface area contributed by atoms with Crippen molar-refractivity contribution < 1.29 is 14.3 Å². The molecule has 2 aromatic carbocycles. The second-order valence-corrected chi connectivity index (χ2v) is 9.65. The van der Waals surface area contributed by atoms with Gasteiger partial charge >= 0.3 is 0 Å². The number of fused-ring (bicyclic) bond motifs is 1. The maximum atomic E-state index is 13.8. The number of imide groups is 1. The fourth-order valence-corrected chi connectivity index (χ4v) is 5.57. The number of H-pyrrole nitrogens is 1. The molecule has 1 N–H and O–H groups in total. The maximum Gasteiger partial charge on any atom is 0.277 e. The van der Waals surface area contributed by atoms with Crippen LogP contribution >= 0.6 is 0 Å². The molecule has 0 spiro atoms. The van der Waals surface area contributed by atoms with Crippen LogP contribution in [0.4, 0.5) is 0 Å². The van der Waals surface area contributed by atoms with Crippen molar-refractivity contribution in [2.75, 3.05) is 26.7 Å². The predicted octanol–water partition coefficient (Wildman–Crippen LogP) is 4.48. The maximum absolute atomic E-state index is 13.8. The topological polar surface area (TPSA) is 65.6 Å². The van der Waals surface area contributed by atoms with E-state index in [4.69, 9.17) is 4.74 Å². The van der Waals surface area contributed by atoms with Gasteiger partial charge in [0.1, 0.15) is 11.4 Å². The first-order valence-corrected chi connectivity index (χ1v) is 12.0. The number of nitrogens with one attached hydrogen (secondary N) is 1. The standard InChI is InChI=1S/C28H31N3O3/c1-18-14-19(2)17-30(16-18)26-25(22-9-5-7-11-24(22)34-3)27(32)31(28(26)33)13-12-20-15-29-23-10-6-4-8-21(20)23/h4-11,15,18-19,29H,12-14,16-17H2,1-3H3. The van der Waals surface area contributed by atoms with E-state index in [0.717, 1.165) is 36.0 Å². The van der Waals surface area contributed by atoms with Crippen LogP contribution in [0.3, 0.4) is 0 Å². The Morgan fingerprint density at radius 2 is 1.68 bits per heavy atom. The number of methoxy groups -OCH3 is 1. The van der Waals surface area contributed by atoms with Crippen LogP contribution in [0.15, 0.2) is 60.4 Å². The Labute approximate surface area is 200 Å². The van der Waals surface area contributed by atoms with Gasteiger partial charge in [0, 0.05) is 42.3 Å².